The summed E-state index contributed by atoms with van der Waals surface area (Å²) in [5, 5.41) is 0.802. The number of halogens is 1. The first kappa shape index (κ1) is 17.2. The molecule has 4 rings (SSSR count). The molecule has 132 valence electrons. The van der Waals surface area contributed by atoms with Crippen LogP contribution < -0.4 is 0 Å². The van der Waals surface area contributed by atoms with Crippen molar-refractivity contribution in [3.8, 4) is 0 Å². The molecule has 1 aliphatic heterocycles. The van der Waals surface area contributed by atoms with Gasteiger partial charge >= 0.3 is 0 Å². The van der Waals surface area contributed by atoms with Crippen LogP contribution in [0, 0.1) is 0 Å². The summed E-state index contributed by atoms with van der Waals surface area (Å²) in [5.41, 5.74) is 3.28. The third-order valence-electron chi connectivity index (χ3n) is 4.73. The fourth-order valence-electron chi connectivity index (χ4n) is 3.54. The van der Waals surface area contributed by atoms with E-state index >= 15 is 0 Å². The molecule has 1 saturated heterocycles. The molecule has 2 aromatic heterocycles. The fraction of sp³-hybridized carbons (Fsp3) is 0.238. The van der Waals surface area contributed by atoms with Crippen molar-refractivity contribution in [1.82, 2.24) is 19.8 Å². The Morgan fingerprint density at radius 3 is 1.81 bits per heavy atom. The van der Waals surface area contributed by atoms with Gasteiger partial charge in [-0.3, -0.25) is 19.8 Å². The first-order chi connectivity index (χ1) is 12.8. The van der Waals surface area contributed by atoms with Gasteiger partial charge in [0.1, 0.15) is 0 Å². The zero-order valence-electron chi connectivity index (χ0n) is 14.5. The predicted molar refractivity (Wildman–Crippen MR) is 103 cm³/mol. The molecule has 1 fully saturated rings. The lowest BCUT2D eigenvalue weighted by Crippen LogP contribution is -2.31. The highest BCUT2D eigenvalue weighted by Gasteiger charge is 2.34. The summed E-state index contributed by atoms with van der Waals surface area (Å²) >= 11 is 6.56. The average molecular weight is 365 g/mol. The van der Waals surface area contributed by atoms with Crippen LogP contribution in [0.2, 0.25) is 5.02 Å². The Bertz CT molecular complexity index is 791. The van der Waals surface area contributed by atoms with Gasteiger partial charge in [0.05, 0.1) is 17.6 Å². The van der Waals surface area contributed by atoms with Crippen LogP contribution in [0.4, 0.5) is 0 Å². The van der Waals surface area contributed by atoms with Crippen LogP contribution in [0.3, 0.4) is 0 Å². The fourth-order valence-corrected chi connectivity index (χ4v) is 3.77. The zero-order chi connectivity index (χ0) is 17.8. The van der Waals surface area contributed by atoms with Crippen molar-refractivity contribution in [2.45, 2.75) is 19.3 Å². The van der Waals surface area contributed by atoms with Gasteiger partial charge in [-0.25, -0.2) is 0 Å². The third kappa shape index (κ3) is 3.78. The monoisotopic (exact) mass is 364 g/mol. The highest BCUT2D eigenvalue weighted by atomic mass is 35.5. The molecule has 3 aromatic rings. The van der Waals surface area contributed by atoms with E-state index in [1.165, 1.54) is 0 Å². The summed E-state index contributed by atoms with van der Waals surface area (Å²) in [7, 11) is 0. The Hall–Kier alpha value is -2.27. The van der Waals surface area contributed by atoms with Crippen molar-refractivity contribution in [3.05, 3.63) is 95.0 Å². The van der Waals surface area contributed by atoms with Gasteiger partial charge in [-0.1, -0.05) is 41.9 Å². The molecule has 5 heteroatoms. The molecular formula is C21H21ClN4. The van der Waals surface area contributed by atoms with Crippen LogP contribution in [-0.4, -0.2) is 32.9 Å². The number of hydrogen-bond acceptors (Lipinski definition) is 4. The van der Waals surface area contributed by atoms with Crippen molar-refractivity contribution in [1.29, 1.82) is 0 Å². The summed E-state index contributed by atoms with van der Waals surface area (Å²) in [6.07, 6.45) is 3.82. The molecule has 3 heterocycles. The summed E-state index contributed by atoms with van der Waals surface area (Å²) in [5.74, 6) is 0. The summed E-state index contributed by atoms with van der Waals surface area (Å²) in [6, 6.07) is 20.2. The van der Waals surface area contributed by atoms with Gasteiger partial charge in [0, 0.05) is 49.2 Å². The number of pyridine rings is 2. The minimum Gasteiger partial charge on any atom is -0.277 e. The lowest BCUT2D eigenvalue weighted by Gasteiger charge is -2.31. The van der Waals surface area contributed by atoms with Gasteiger partial charge in [-0.15, -0.1) is 0 Å². The van der Waals surface area contributed by atoms with Gasteiger partial charge < -0.3 is 0 Å². The maximum atomic E-state index is 6.56. The van der Waals surface area contributed by atoms with Crippen molar-refractivity contribution >= 4 is 11.6 Å². The lowest BCUT2D eigenvalue weighted by molar-refractivity contribution is 0.123. The summed E-state index contributed by atoms with van der Waals surface area (Å²) < 4.78 is 0. The Morgan fingerprint density at radius 2 is 1.31 bits per heavy atom. The first-order valence-electron chi connectivity index (χ1n) is 8.83. The van der Waals surface area contributed by atoms with E-state index in [1.54, 1.807) is 0 Å². The SMILES string of the molecule is Clc1ccccc1C1N(Cc2ccccn2)CCN1Cc1ccccn1. The van der Waals surface area contributed by atoms with E-state index in [4.69, 9.17) is 11.6 Å². The van der Waals surface area contributed by atoms with Gasteiger partial charge in [0.25, 0.3) is 0 Å². The Labute approximate surface area is 159 Å². The standard InChI is InChI=1S/C21H21ClN4/c22-20-10-2-1-9-19(20)21-25(15-17-7-3-5-11-23-17)13-14-26(21)16-18-8-4-6-12-24-18/h1-12,21H,13-16H2. The topological polar surface area (TPSA) is 32.3 Å². The van der Waals surface area contributed by atoms with Crippen LogP contribution >= 0.6 is 11.6 Å². The first-order valence-corrected chi connectivity index (χ1v) is 9.21. The molecule has 0 atom stereocenters. The second-order valence-corrected chi connectivity index (χ2v) is 6.89. The minimum atomic E-state index is 0.118. The molecule has 0 radical (unpaired) electrons. The van der Waals surface area contributed by atoms with Crippen molar-refractivity contribution < 1.29 is 0 Å². The van der Waals surface area contributed by atoms with Gasteiger partial charge in [-0.2, -0.15) is 0 Å². The molecule has 1 aliphatic rings. The Kier molecular flexibility index (Phi) is 5.25. The van der Waals surface area contributed by atoms with Crippen LogP contribution in [0.1, 0.15) is 23.1 Å². The second-order valence-electron chi connectivity index (χ2n) is 6.48. The van der Waals surface area contributed by atoms with Crippen molar-refractivity contribution in [2.75, 3.05) is 13.1 Å². The van der Waals surface area contributed by atoms with E-state index in [1.807, 2.05) is 48.8 Å². The average Bonchev–Trinajstić information content (AvgIpc) is 3.06. The van der Waals surface area contributed by atoms with Crippen LogP contribution in [0.15, 0.2) is 73.1 Å². The highest BCUT2D eigenvalue weighted by Crippen LogP contribution is 2.35. The normalized spacial score (nSPS) is 16.2. The highest BCUT2D eigenvalue weighted by molar-refractivity contribution is 6.31. The smallest absolute Gasteiger partial charge is 0.0908 e. The largest absolute Gasteiger partial charge is 0.277 e. The summed E-state index contributed by atoms with van der Waals surface area (Å²) in [6.45, 7) is 3.55. The van der Waals surface area contributed by atoms with Crippen LogP contribution in [-0.2, 0) is 13.1 Å². The van der Waals surface area contributed by atoms with E-state index in [9.17, 15) is 0 Å². The maximum absolute atomic E-state index is 6.56. The maximum Gasteiger partial charge on any atom is 0.0908 e. The van der Waals surface area contributed by atoms with Crippen LogP contribution in [0.5, 0.6) is 0 Å². The molecule has 0 amide bonds. The molecule has 0 aliphatic carbocycles. The third-order valence-corrected chi connectivity index (χ3v) is 5.08. The minimum absolute atomic E-state index is 0.118. The molecule has 0 N–H and O–H groups in total. The molecule has 0 saturated carbocycles. The van der Waals surface area contributed by atoms with E-state index in [2.05, 4.69) is 44.0 Å². The predicted octanol–water partition coefficient (Wildman–Crippen LogP) is 4.15. The van der Waals surface area contributed by atoms with E-state index < -0.39 is 0 Å². The van der Waals surface area contributed by atoms with Crippen molar-refractivity contribution in [3.63, 3.8) is 0 Å². The number of nitrogens with zero attached hydrogens (tertiary/aromatic N) is 4. The van der Waals surface area contributed by atoms with E-state index in [0.717, 1.165) is 48.2 Å². The Morgan fingerprint density at radius 1 is 0.769 bits per heavy atom. The number of benzene rings is 1. The number of rotatable bonds is 5. The molecule has 4 nitrogen and oxygen atoms in total. The molecule has 1 aromatic carbocycles. The zero-order valence-corrected chi connectivity index (χ0v) is 15.3. The lowest BCUT2D eigenvalue weighted by atomic mass is 10.1. The molecule has 0 bridgehead atoms. The number of hydrogen-bond donors (Lipinski definition) is 0. The number of aromatic nitrogens is 2. The molecule has 0 spiro atoms. The second kappa shape index (κ2) is 7.96. The van der Waals surface area contributed by atoms with Gasteiger partial charge in [0.15, 0.2) is 0 Å². The van der Waals surface area contributed by atoms with E-state index in [0.29, 0.717) is 0 Å². The quantitative estimate of drug-likeness (QED) is 0.681. The molecule has 26 heavy (non-hydrogen) atoms. The van der Waals surface area contributed by atoms with Gasteiger partial charge in [0.2, 0.25) is 0 Å². The molecule has 0 unspecified atom stereocenters. The summed E-state index contributed by atoms with van der Waals surface area (Å²) in [4.78, 5) is 13.9. The van der Waals surface area contributed by atoms with Gasteiger partial charge in [-0.05, 0) is 30.3 Å². The molecular weight excluding hydrogens is 344 g/mol. The van der Waals surface area contributed by atoms with Crippen LogP contribution in [0.25, 0.3) is 0 Å². The van der Waals surface area contributed by atoms with E-state index in [-0.39, 0.29) is 6.17 Å². The van der Waals surface area contributed by atoms with Crippen molar-refractivity contribution in [2.24, 2.45) is 0 Å². The Balaban J connectivity index is 1.63.